The van der Waals surface area contributed by atoms with Crippen LogP contribution in [0.1, 0.15) is 26.2 Å². The molecule has 0 radical (unpaired) electrons. The Labute approximate surface area is 146 Å². The number of ether oxygens (including phenoxy) is 1. The standard InChI is InChI=1S/C17H23N3O3S/c1-2-13-11-23-17(22)20(13)14-6-9-19(10-7-14)16(21)12-24-15-5-3-4-8-18-15/h3-5,8,13-14H,2,6-7,9-12H2,1H3. The second-order valence-electron chi connectivity index (χ2n) is 6.11. The summed E-state index contributed by atoms with van der Waals surface area (Å²) in [6.45, 7) is 3.97. The van der Waals surface area contributed by atoms with Gasteiger partial charge in [0.2, 0.25) is 5.91 Å². The van der Waals surface area contributed by atoms with Crippen LogP contribution in [0.3, 0.4) is 0 Å². The molecule has 1 aromatic heterocycles. The molecule has 0 spiro atoms. The molecule has 0 aliphatic carbocycles. The van der Waals surface area contributed by atoms with E-state index in [2.05, 4.69) is 11.9 Å². The summed E-state index contributed by atoms with van der Waals surface area (Å²) >= 11 is 1.47. The van der Waals surface area contributed by atoms with E-state index in [1.807, 2.05) is 28.0 Å². The third kappa shape index (κ3) is 3.83. The van der Waals surface area contributed by atoms with Crippen LogP contribution in [-0.2, 0) is 9.53 Å². The molecule has 7 heteroatoms. The lowest BCUT2D eigenvalue weighted by Crippen LogP contribution is -2.50. The van der Waals surface area contributed by atoms with Crippen molar-refractivity contribution < 1.29 is 14.3 Å². The molecule has 2 saturated heterocycles. The number of pyridine rings is 1. The molecule has 2 fully saturated rings. The number of hydrogen-bond donors (Lipinski definition) is 0. The predicted octanol–water partition coefficient (Wildman–Crippen LogP) is 2.40. The number of nitrogens with zero attached hydrogens (tertiary/aromatic N) is 3. The number of cyclic esters (lactones) is 1. The van der Waals surface area contributed by atoms with Gasteiger partial charge < -0.3 is 9.64 Å². The maximum Gasteiger partial charge on any atom is 0.410 e. The minimum atomic E-state index is -0.197. The quantitative estimate of drug-likeness (QED) is 0.764. The molecule has 2 aliphatic rings. The van der Waals surface area contributed by atoms with Crippen molar-refractivity contribution >= 4 is 23.8 Å². The van der Waals surface area contributed by atoms with Crippen LogP contribution in [0, 0.1) is 0 Å². The van der Waals surface area contributed by atoms with E-state index in [1.165, 1.54) is 11.8 Å². The van der Waals surface area contributed by atoms with Crippen molar-refractivity contribution in [3.05, 3.63) is 24.4 Å². The molecule has 2 aliphatic heterocycles. The maximum absolute atomic E-state index is 12.4. The first kappa shape index (κ1) is 17.1. The summed E-state index contributed by atoms with van der Waals surface area (Å²) in [5.41, 5.74) is 0. The number of hydrogen-bond acceptors (Lipinski definition) is 5. The number of carbonyl (C=O) groups excluding carboxylic acids is 2. The molecule has 3 heterocycles. The summed E-state index contributed by atoms with van der Waals surface area (Å²) in [5.74, 6) is 0.547. The topological polar surface area (TPSA) is 62.7 Å². The van der Waals surface area contributed by atoms with Gasteiger partial charge in [0, 0.05) is 25.3 Å². The van der Waals surface area contributed by atoms with E-state index in [-0.39, 0.29) is 24.1 Å². The zero-order chi connectivity index (χ0) is 16.9. The van der Waals surface area contributed by atoms with Crippen molar-refractivity contribution in [2.45, 2.75) is 43.3 Å². The Hall–Kier alpha value is -1.76. The Morgan fingerprint density at radius 2 is 2.17 bits per heavy atom. The lowest BCUT2D eigenvalue weighted by molar-refractivity contribution is -0.129. The van der Waals surface area contributed by atoms with Gasteiger partial charge in [-0.3, -0.25) is 9.69 Å². The highest BCUT2D eigenvalue weighted by Crippen LogP contribution is 2.26. The van der Waals surface area contributed by atoms with Crippen molar-refractivity contribution in [3.63, 3.8) is 0 Å². The fourth-order valence-corrected chi connectivity index (χ4v) is 4.05. The number of aromatic nitrogens is 1. The van der Waals surface area contributed by atoms with E-state index in [0.717, 1.165) is 24.3 Å². The normalized spacial score (nSPS) is 21.9. The first-order valence-corrected chi connectivity index (χ1v) is 9.44. The summed E-state index contributed by atoms with van der Waals surface area (Å²) in [4.78, 5) is 32.3. The van der Waals surface area contributed by atoms with Gasteiger partial charge in [0.25, 0.3) is 0 Å². The Morgan fingerprint density at radius 1 is 1.38 bits per heavy atom. The van der Waals surface area contributed by atoms with E-state index in [1.54, 1.807) is 6.20 Å². The SMILES string of the molecule is CCC1COC(=O)N1C1CCN(C(=O)CSc2ccccn2)CC1. The van der Waals surface area contributed by atoms with Gasteiger partial charge in [0.05, 0.1) is 16.8 Å². The third-order valence-corrected chi connectivity index (χ3v) is 5.60. The van der Waals surface area contributed by atoms with Gasteiger partial charge in [-0.05, 0) is 31.4 Å². The zero-order valence-electron chi connectivity index (χ0n) is 13.9. The second-order valence-corrected chi connectivity index (χ2v) is 7.11. The fraction of sp³-hybridized carbons (Fsp3) is 0.588. The smallest absolute Gasteiger partial charge is 0.410 e. The lowest BCUT2D eigenvalue weighted by atomic mass is 10.0. The van der Waals surface area contributed by atoms with Crippen molar-refractivity contribution in [3.8, 4) is 0 Å². The Bertz CT molecular complexity index is 576. The molecule has 0 aromatic carbocycles. The van der Waals surface area contributed by atoms with Crippen LogP contribution in [0.15, 0.2) is 29.4 Å². The largest absolute Gasteiger partial charge is 0.447 e. The van der Waals surface area contributed by atoms with E-state index >= 15 is 0 Å². The minimum absolute atomic E-state index is 0.139. The zero-order valence-corrected chi connectivity index (χ0v) is 14.7. The van der Waals surface area contributed by atoms with Gasteiger partial charge in [-0.15, -0.1) is 0 Å². The van der Waals surface area contributed by atoms with Gasteiger partial charge in [-0.2, -0.15) is 0 Å². The number of carbonyl (C=O) groups is 2. The minimum Gasteiger partial charge on any atom is -0.447 e. The third-order valence-electron chi connectivity index (χ3n) is 4.67. The highest BCUT2D eigenvalue weighted by atomic mass is 32.2. The predicted molar refractivity (Wildman–Crippen MR) is 91.8 cm³/mol. The van der Waals surface area contributed by atoms with Crippen molar-refractivity contribution in [1.29, 1.82) is 0 Å². The van der Waals surface area contributed by atoms with Crippen LogP contribution in [0.5, 0.6) is 0 Å². The Balaban J connectivity index is 1.48. The lowest BCUT2D eigenvalue weighted by Gasteiger charge is -2.37. The molecule has 2 amide bonds. The molecule has 3 rings (SSSR count). The number of rotatable bonds is 5. The summed E-state index contributed by atoms with van der Waals surface area (Å²) in [5, 5.41) is 0.867. The van der Waals surface area contributed by atoms with E-state index in [0.29, 0.717) is 25.4 Å². The number of piperidine rings is 1. The summed E-state index contributed by atoms with van der Waals surface area (Å²) in [6, 6.07) is 6.07. The maximum atomic E-state index is 12.4. The first-order valence-electron chi connectivity index (χ1n) is 8.45. The van der Waals surface area contributed by atoms with Crippen LogP contribution in [0.2, 0.25) is 0 Å². The van der Waals surface area contributed by atoms with Gasteiger partial charge in [-0.25, -0.2) is 9.78 Å². The van der Waals surface area contributed by atoms with Crippen LogP contribution in [-0.4, -0.2) is 64.3 Å². The summed E-state index contributed by atoms with van der Waals surface area (Å²) < 4.78 is 5.18. The Kier molecular flexibility index (Phi) is 5.60. The van der Waals surface area contributed by atoms with Crippen LogP contribution < -0.4 is 0 Å². The number of amides is 2. The molecular formula is C17H23N3O3S. The molecule has 130 valence electrons. The first-order chi connectivity index (χ1) is 11.7. The van der Waals surface area contributed by atoms with Crippen molar-refractivity contribution in [1.82, 2.24) is 14.8 Å². The average molecular weight is 349 g/mol. The van der Waals surface area contributed by atoms with Crippen molar-refractivity contribution in [2.24, 2.45) is 0 Å². The molecule has 1 atom stereocenters. The van der Waals surface area contributed by atoms with Gasteiger partial charge in [0.1, 0.15) is 6.61 Å². The molecule has 0 bridgehead atoms. The molecule has 0 N–H and O–H groups in total. The summed E-state index contributed by atoms with van der Waals surface area (Å²) in [7, 11) is 0. The molecule has 6 nitrogen and oxygen atoms in total. The second kappa shape index (κ2) is 7.88. The van der Waals surface area contributed by atoms with Crippen molar-refractivity contribution in [2.75, 3.05) is 25.4 Å². The van der Waals surface area contributed by atoms with E-state index in [9.17, 15) is 9.59 Å². The Morgan fingerprint density at radius 3 is 2.83 bits per heavy atom. The molecule has 24 heavy (non-hydrogen) atoms. The molecular weight excluding hydrogens is 326 g/mol. The van der Waals surface area contributed by atoms with Gasteiger partial charge in [-0.1, -0.05) is 24.8 Å². The summed E-state index contributed by atoms with van der Waals surface area (Å²) in [6.07, 6.45) is 4.10. The van der Waals surface area contributed by atoms with Crippen LogP contribution in [0.4, 0.5) is 4.79 Å². The van der Waals surface area contributed by atoms with Gasteiger partial charge >= 0.3 is 6.09 Å². The number of likely N-dealkylation sites (tertiary alicyclic amines) is 1. The molecule has 0 saturated carbocycles. The highest BCUT2D eigenvalue weighted by Gasteiger charge is 2.38. The molecule has 1 aromatic rings. The fourth-order valence-electron chi connectivity index (χ4n) is 3.29. The van der Waals surface area contributed by atoms with Crippen LogP contribution >= 0.6 is 11.8 Å². The average Bonchev–Trinajstić information content (AvgIpc) is 3.01. The van der Waals surface area contributed by atoms with E-state index < -0.39 is 0 Å². The molecule has 1 unspecified atom stereocenters. The van der Waals surface area contributed by atoms with E-state index in [4.69, 9.17) is 4.74 Å². The van der Waals surface area contributed by atoms with Crippen LogP contribution in [0.25, 0.3) is 0 Å². The highest BCUT2D eigenvalue weighted by molar-refractivity contribution is 7.99. The monoisotopic (exact) mass is 349 g/mol. The number of thioether (sulfide) groups is 1. The van der Waals surface area contributed by atoms with Gasteiger partial charge in [0.15, 0.2) is 0 Å².